The van der Waals surface area contributed by atoms with Crippen LogP contribution in [0.2, 0.25) is 5.02 Å². The minimum atomic E-state index is -3.35. The van der Waals surface area contributed by atoms with Gasteiger partial charge in [-0.2, -0.15) is 0 Å². The largest absolute Gasteiger partial charge is 0.318 e. The summed E-state index contributed by atoms with van der Waals surface area (Å²) >= 11 is 5.94. The van der Waals surface area contributed by atoms with Gasteiger partial charge in [-0.1, -0.05) is 11.6 Å². The molecule has 9 heteroatoms. The Kier molecular flexibility index (Phi) is 6.00. The number of aromatic nitrogens is 1. The van der Waals surface area contributed by atoms with Gasteiger partial charge in [0, 0.05) is 33.9 Å². The Morgan fingerprint density at radius 1 is 0.900 bits per heavy atom. The van der Waals surface area contributed by atoms with Crippen LogP contribution in [0, 0.1) is 13.8 Å². The lowest BCUT2D eigenvalue weighted by molar-refractivity contribution is 0.0846. The molecule has 0 spiro atoms. The molecule has 3 rings (SSSR count). The number of rotatable bonds is 4. The molecule has 156 valence electrons. The lowest BCUT2D eigenvalue weighted by Crippen LogP contribution is -2.41. The Labute approximate surface area is 179 Å². The summed E-state index contributed by atoms with van der Waals surface area (Å²) in [6.07, 6.45) is 1.09. The molecule has 0 unspecified atom stereocenters. The molecular weight excluding hydrogens is 426 g/mol. The summed E-state index contributed by atoms with van der Waals surface area (Å²) < 4.78 is 24.9. The van der Waals surface area contributed by atoms with E-state index in [4.69, 9.17) is 11.6 Å². The first-order valence-corrected chi connectivity index (χ1v) is 11.2. The third-order valence-electron chi connectivity index (χ3n) is 4.59. The van der Waals surface area contributed by atoms with Crippen LogP contribution < -0.4 is 10.9 Å². The Bertz CT molecular complexity index is 1210. The van der Waals surface area contributed by atoms with E-state index in [0.29, 0.717) is 16.3 Å². The van der Waals surface area contributed by atoms with Crippen LogP contribution >= 0.6 is 11.6 Å². The molecule has 2 aromatic carbocycles. The molecule has 2 N–H and O–H groups in total. The first kappa shape index (κ1) is 21.6. The van der Waals surface area contributed by atoms with Crippen molar-refractivity contribution in [3.63, 3.8) is 0 Å². The summed E-state index contributed by atoms with van der Waals surface area (Å²) in [4.78, 5) is 25.0. The summed E-state index contributed by atoms with van der Waals surface area (Å²) in [5.74, 6) is -1.03. The number of halogens is 1. The summed E-state index contributed by atoms with van der Waals surface area (Å²) in [6.45, 7) is 3.68. The average molecular weight is 446 g/mol. The predicted molar refractivity (Wildman–Crippen MR) is 115 cm³/mol. The highest BCUT2D eigenvalue weighted by molar-refractivity contribution is 7.90. The highest BCUT2D eigenvalue weighted by Crippen LogP contribution is 2.22. The number of amides is 2. The van der Waals surface area contributed by atoms with Crippen molar-refractivity contribution in [3.05, 3.63) is 82.1 Å². The Balaban J connectivity index is 1.73. The van der Waals surface area contributed by atoms with Crippen molar-refractivity contribution in [2.24, 2.45) is 0 Å². The second kappa shape index (κ2) is 8.33. The minimum Gasteiger partial charge on any atom is -0.318 e. The molecule has 0 radical (unpaired) electrons. The van der Waals surface area contributed by atoms with E-state index in [1.54, 1.807) is 18.2 Å². The number of hydrazine groups is 1. The number of hydrogen-bond acceptors (Lipinski definition) is 4. The molecule has 1 aromatic heterocycles. The van der Waals surface area contributed by atoms with Crippen molar-refractivity contribution in [2.75, 3.05) is 6.26 Å². The van der Waals surface area contributed by atoms with Crippen molar-refractivity contribution < 1.29 is 18.0 Å². The highest BCUT2D eigenvalue weighted by Gasteiger charge is 2.18. The fourth-order valence-electron chi connectivity index (χ4n) is 3.09. The van der Waals surface area contributed by atoms with Crippen LogP contribution in [0.1, 0.15) is 32.1 Å². The average Bonchev–Trinajstić information content (AvgIpc) is 3.00. The fraction of sp³-hybridized carbons (Fsp3) is 0.143. The maximum Gasteiger partial charge on any atom is 0.271 e. The van der Waals surface area contributed by atoms with E-state index in [9.17, 15) is 18.0 Å². The first-order valence-electron chi connectivity index (χ1n) is 8.93. The van der Waals surface area contributed by atoms with Crippen LogP contribution in [0.25, 0.3) is 5.69 Å². The third kappa shape index (κ3) is 4.55. The number of benzene rings is 2. The van der Waals surface area contributed by atoms with E-state index in [-0.39, 0.29) is 10.5 Å². The van der Waals surface area contributed by atoms with Gasteiger partial charge < -0.3 is 4.57 Å². The van der Waals surface area contributed by atoms with Gasteiger partial charge >= 0.3 is 0 Å². The number of nitrogens with zero attached hydrogens (tertiary/aromatic N) is 1. The van der Waals surface area contributed by atoms with Crippen molar-refractivity contribution in [1.29, 1.82) is 0 Å². The third-order valence-corrected chi connectivity index (χ3v) is 5.98. The molecule has 0 aliphatic heterocycles. The molecule has 3 aromatic rings. The number of sulfone groups is 1. The van der Waals surface area contributed by atoms with Crippen molar-refractivity contribution >= 4 is 33.3 Å². The molecule has 1 heterocycles. The van der Waals surface area contributed by atoms with Crippen LogP contribution in [0.5, 0.6) is 0 Å². The second-order valence-electron chi connectivity index (χ2n) is 6.80. The maximum atomic E-state index is 12.6. The molecule has 0 aliphatic carbocycles. The minimum absolute atomic E-state index is 0.109. The first-order chi connectivity index (χ1) is 14.1. The quantitative estimate of drug-likeness (QED) is 0.602. The van der Waals surface area contributed by atoms with E-state index < -0.39 is 21.7 Å². The molecular formula is C21H20ClN3O4S. The summed E-state index contributed by atoms with van der Waals surface area (Å²) in [7, 11) is -3.35. The van der Waals surface area contributed by atoms with Gasteiger partial charge in [0.2, 0.25) is 0 Å². The van der Waals surface area contributed by atoms with Crippen molar-refractivity contribution in [2.45, 2.75) is 18.7 Å². The number of carbonyl (C=O) groups is 2. The second-order valence-corrected chi connectivity index (χ2v) is 9.25. The van der Waals surface area contributed by atoms with E-state index in [0.717, 1.165) is 17.6 Å². The van der Waals surface area contributed by atoms with Crippen LogP contribution in [0.4, 0.5) is 0 Å². The van der Waals surface area contributed by atoms with Crippen LogP contribution in [0.15, 0.2) is 59.5 Å². The van der Waals surface area contributed by atoms with Gasteiger partial charge in [0.1, 0.15) is 0 Å². The zero-order valence-corrected chi connectivity index (χ0v) is 18.1. The summed E-state index contributed by atoms with van der Waals surface area (Å²) in [5.41, 5.74) is 7.79. The van der Waals surface area contributed by atoms with Crippen LogP contribution in [-0.4, -0.2) is 31.1 Å². The smallest absolute Gasteiger partial charge is 0.271 e. The maximum absolute atomic E-state index is 12.6. The Morgan fingerprint density at radius 3 is 2.03 bits per heavy atom. The number of carbonyl (C=O) groups excluding carboxylic acids is 2. The monoisotopic (exact) mass is 445 g/mol. The van der Waals surface area contributed by atoms with Crippen LogP contribution in [0.3, 0.4) is 0 Å². The van der Waals surface area contributed by atoms with E-state index in [1.165, 1.54) is 24.3 Å². The molecule has 0 saturated carbocycles. The van der Waals surface area contributed by atoms with Gasteiger partial charge in [-0.25, -0.2) is 8.42 Å². The fourth-order valence-corrected chi connectivity index (χ4v) is 3.84. The zero-order chi connectivity index (χ0) is 22.1. The molecule has 0 aliphatic rings. The topological polar surface area (TPSA) is 97.3 Å². The molecule has 2 amide bonds. The van der Waals surface area contributed by atoms with E-state index in [2.05, 4.69) is 10.9 Å². The SMILES string of the molecule is Cc1cc(C(=O)NNC(=O)c2ccc(S(C)(=O)=O)cc2)c(C)n1-c1ccc(Cl)cc1. The van der Waals surface area contributed by atoms with Gasteiger partial charge in [0.25, 0.3) is 11.8 Å². The molecule has 7 nitrogen and oxygen atoms in total. The summed E-state index contributed by atoms with van der Waals surface area (Å²) in [5, 5.41) is 0.617. The van der Waals surface area contributed by atoms with Crippen molar-refractivity contribution in [1.82, 2.24) is 15.4 Å². The van der Waals surface area contributed by atoms with E-state index >= 15 is 0 Å². The van der Waals surface area contributed by atoms with Gasteiger partial charge in [0.05, 0.1) is 10.5 Å². The molecule has 0 bridgehead atoms. The molecule has 0 fully saturated rings. The molecule has 0 saturated heterocycles. The number of hydrogen-bond donors (Lipinski definition) is 2. The predicted octanol–water partition coefficient (Wildman–Crippen LogP) is 3.23. The Hall–Kier alpha value is -3.10. The number of nitrogens with one attached hydrogen (secondary N) is 2. The van der Waals surface area contributed by atoms with Crippen LogP contribution in [-0.2, 0) is 9.84 Å². The summed E-state index contributed by atoms with van der Waals surface area (Å²) in [6, 6.07) is 14.4. The molecule has 0 atom stereocenters. The van der Waals surface area contributed by atoms with Crippen molar-refractivity contribution in [3.8, 4) is 5.69 Å². The standard InChI is InChI=1S/C21H20ClN3O4S/c1-13-12-19(14(2)25(13)17-8-6-16(22)7-9-17)21(27)24-23-20(26)15-4-10-18(11-5-15)30(3,28)29/h4-12H,1-3H3,(H,23,26)(H,24,27). The van der Waals surface area contributed by atoms with Gasteiger partial charge in [-0.3, -0.25) is 20.4 Å². The van der Waals surface area contributed by atoms with Gasteiger partial charge in [0.15, 0.2) is 9.84 Å². The highest BCUT2D eigenvalue weighted by atomic mass is 35.5. The van der Waals surface area contributed by atoms with E-state index in [1.807, 2.05) is 30.5 Å². The molecule has 30 heavy (non-hydrogen) atoms. The number of aryl methyl sites for hydroxylation is 1. The normalized spacial score (nSPS) is 11.2. The zero-order valence-electron chi connectivity index (χ0n) is 16.6. The lowest BCUT2D eigenvalue weighted by Gasteiger charge is -2.11. The van der Waals surface area contributed by atoms with Gasteiger partial charge in [-0.05, 0) is 68.4 Å². The Morgan fingerprint density at radius 2 is 1.47 bits per heavy atom. The van der Waals surface area contributed by atoms with Gasteiger partial charge in [-0.15, -0.1) is 0 Å². The lowest BCUT2D eigenvalue weighted by atomic mass is 10.2.